The molecule has 10 heteroatoms. The standard InChI is InChI=1S/C27H21F3N6O/c1-35-26-22(33-34-35)11-19(24(29)25(26)30)17-6-4-14(27(37)36-16-5-7-23(36)21(32)10-16)8-18(17)13-2-3-15(12-31)20(28)9-13/h2-4,6,8-9,11,16,21,23H,5,7,10,32H2,1H3/t16-,21+,23+/m1/s1. The van der Waals surface area contributed by atoms with Crippen LogP contribution >= 0.6 is 0 Å². The predicted octanol–water partition coefficient (Wildman–Crippen LogP) is 4.30. The van der Waals surface area contributed by atoms with Crippen molar-refractivity contribution in [3.05, 3.63) is 71.0 Å². The maximum Gasteiger partial charge on any atom is 0.254 e. The number of nitrogens with two attached hydrogens (primary N) is 1. The van der Waals surface area contributed by atoms with Crippen LogP contribution in [0, 0.1) is 28.8 Å². The lowest BCUT2D eigenvalue weighted by Gasteiger charge is -2.24. The van der Waals surface area contributed by atoms with Gasteiger partial charge in [-0.15, -0.1) is 5.10 Å². The molecule has 2 saturated heterocycles. The molecule has 0 spiro atoms. The number of halogens is 3. The molecule has 2 N–H and O–H groups in total. The molecular weight excluding hydrogens is 481 g/mol. The van der Waals surface area contributed by atoms with E-state index in [1.165, 1.54) is 31.3 Å². The van der Waals surface area contributed by atoms with E-state index in [2.05, 4.69) is 10.3 Å². The van der Waals surface area contributed by atoms with E-state index in [1.54, 1.807) is 18.2 Å². The zero-order valence-corrected chi connectivity index (χ0v) is 19.8. The summed E-state index contributed by atoms with van der Waals surface area (Å²) in [4.78, 5) is 15.4. The van der Waals surface area contributed by atoms with Gasteiger partial charge in [0, 0.05) is 36.3 Å². The van der Waals surface area contributed by atoms with Crippen LogP contribution in [0.3, 0.4) is 0 Å². The highest BCUT2D eigenvalue weighted by Crippen LogP contribution is 2.40. The Kier molecular flexibility index (Phi) is 5.28. The highest BCUT2D eigenvalue weighted by Gasteiger charge is 2.47. The first-order valence-corrected chi connectivity index (χ1v) is 11.9. The molecule has 1 aromatic heterocycles. The molecule has 0 unspecified atom stereocenters. The lowest BCUT2D eigenvalue weighted by atomic mass is 9.91. The molecule has 7 nitrogen and oxygen atoms in total. The molecule has 6 rings (SSSR count). The van der Waals surface area contributed by atoms with Gasteiger partial charge in [-0.25, -0.2) is 17.9 Å². The van der Waals surface area contributed by atoms with Gasteiger partial charge < -0.3 is 10.6 Å². The van der Waals surface area contributed by atoms with Crippen LogP contribution in [-0.4, -0.2) is 43.9 Å². The minimum Gasteiger partial charge on any atom is -0.331 e. The summed E-state index contributed by atoms with van der Waals surface area (Å²) in [5, 5.41) is 16.8. The first kappa shape index (κ1) is 23.2. The molecular formula is C27H21F3N6O. The van der Waals surface area contributed by atoms with Gasteiger partial charge in [0.1, 0.15) is 22.9 Å². The van der Waals surface area contributed by atoms with Crippen molar-refractivity contribution in [1.29, 1.82) is 5.26 Å². The maximum absolute atomic E-state index is 15.4. The van der Waals surface area contributed by atoms with Gasteiger partial charge in [-0.2, -0.15) is 5.26 Å². The molecule has 4 aromatic rings. The number of carbonyl (C=O) groups excluding carboxylic acids is 1. The Balaban J connectivity index is 1.54. The van der Waals surface area contributed by atoms with E-state index in [9.17, 15) is 9.18 Å². The van der Waals surface area contributed by atoms with Gasteiger partial charge in [0.05, 0.1) is 5.56 Å². The summed E-state index contributed by atoms with van der Waals surface area (Å²) in [6, 6.07) is 11.7. The normalized spacial score (nSPS) is 20.5. The third-order valence-electron chi connectivity index (χ3n) is 7.55. The zero-order chi connectivity index (χ0) is 26.0. The second-order valence-corrected chi connectivity index (χ2v) is 9.61. The van der Waals surface area contributed by atoms with Crippen molar-refractivity contribution < 1.29 is 18.0 Å². The summed E-state index contributed by atoms with van der Waals surface area (Å²) in [6.07, 6.45) is 2.47. The Bertz CT molecular complexity index is 1640. The van der Waals surface area contributed by atoms with E-state index in [0.29, 0.717) is 16.7 Å². The van der Waals surface area contributed by atoms with Crippen molar-refractivity contribution in [3.8, 4) is 28.3 Å². The number of aromatic nitrogens is 3. The number of carbonyl (C=O) groups is 1. The number of nitriles is 1. The molecule has 0 saturated carbocycles. The number of benzene rings is 3. The smallest absolute Gasteiger partial charge is 0.254 e. The molecule has 186 valence electrons. The Hall–Kier alpha value is -4.23. The molecule has 3 aromatic carbocycles. The second kappa shape index (κ2) is 8.42. The van der Waals surface area contributed by atoms with Gasteiger partial charge in [0.15, 0.2) is 11.6 Å². The van der Waals surface area contributed by atoms with Crippen LogP contribution < -0.4 is 5.73 Å². The van der Waals surface area contributed by atoms with Gasteiger partial charge in [-0.05, 0) is 66.3 Å². The number of rotatable bonds is 3. The van der Waals surface area contributed by atoms with Crippen molar-refractivity contribution in [2.24, 2.45) is 12.8 Å². The van der Waals surface area contributed by atoms with E-state index in [0.717, 1.165) is 30.0 Å². The van der Waals surface area contributed by atoms with E-state index in [1.807, 2.05) is 4.90 Å². The minimum atomic E-state index is -1.11. The predicted molar refractivity (Wildman–Crippen MR) is 130 cm³/mol. The summed E-state index contributed by atoms with van der Waals surface area (Å²) < 4.78 is 46.2. The number of nitrogens with zero attached hydrogens (tertiary/aromatic N) is 5. The molecule has 0 aliphatic carbocycles. The van der Waals surface area contributed by atoms with Crippen LogP contribution in [0.2, 0.25) is 0 Å². The Morgan fingerprint density at radius 1 is 1.05 bits per heavy atom. The fraction of sp³-hybridized carbons (Fsp3) is 0.259. The highest BCUT2D eigenvalue weighted by atomic mass is 19.2. The fourth-order valence-corrected chi connectivity index (χ4v) is 5.77. The topological polar surface area (TPSA) is 101 Å². The highest BCUT2D eigenvalue weighted by molar-refractivity contribution is 5.99. The third-order valence-corrected chi connectivity index (χ3v) is 7.55. The molecule has 2 aliphatic heterocycles. The minimum absolute atomic E-state index is 0.0430. The molecule has 0 radical (unpaired) electrons. The Labute approximate surface area is 209 Å². The van der Waals surface area contributed by atoms with Gasteiger partial charge in [0.2, 0.25) is 0 Å². The van der Waals surface area contributed by atoms with E-state index in [-0.39, 0.29) is 51.8 Å². The van der Waals surface area contributed by atoms with Crippen molar-refractivity contribution in [3.63, 3.8) is 0 Å². The summed E-state index contributed by atoms with van der Waals surface area (Å²) in [5.41, 5.74) is 7.21. The summed E-state index contributed by atoms with van der Waals surface area (Å²) in [6.45, 7) is 0. The number of hydrogen-bond donors (Lipinski definition) is 1. The summed E-state index contributed by atoms with van der Waals surface area (Å²) in [7, 11) is 1.46. The monoisotopic (exact) mass is 502 g/mol. The number of aryl methyl sites for hydroxylation is 1. The molecule has 2 fully saturated rings. The lowest BCUT2D eigenvalue weighted by molar-refractivity contribution is 0.0726. The van der Waals surface area contributed by atoms with Crippen molar-refractivity contribution in [2.75, 3.05) is 0 Å². The van der Waals surface area contributed by atoms with Gasteiger partial charge in [0.25, 0.3) is 5.91 Å². The third kappa shape index (κ3) is 3.49. The number of fused-ring (bicyclic) bond motifs is 3. The van der Waals surface area contributed by atoms with Crippen LogP contribution in [0.1, 0.15) is 35.2 Å². The van der Waals surface area contributed by atoms with Crippen LogP contribution in [0.5, 0.6) is 0 Å². The molecule has 2 aliphatic rings. The largest absolute Gasteiger partial charge is 0.331 e. The maximum atomic E-state index is 15.4. The average Bonchev–Trinajstić information content (AvgIpc) is 3.57. The van der Waals surface area contributed by atoms with Crippen molar-refractivity contribution in [2.45, 2.75) is 37.4 Å². The van der Waals surface area contributed by atoms with Crippen LogP contribution in [0.25, 0.3) is 33.3 Å². The lowest BCUT2D eigenvalue weighted by Crippen LogP contribution is -2.40. The summed E-state index contributed by atoms with van der Waals surface area (Å²) in [5.74, 6) is -3.20. The van der Waals surface area contributed by atoms with Gasteiger partial charge >= 0.3 is 0 Å². The summed E-state index contributed by atoms with van der Waals surface area (Å²) >= 11 is 0. The Morgan fingerprint density at radius 3 is 2.54 bits per heavy atom. The first-order chi connectivity index (χ1) is 17.8. The van der Waals surface area contributed by atoms with E-state index >= 15 is 8.78 Å². The van der Waals surface area contributed by atoms with Crippen molar-refractivity contribution >= 4 is 16.9 Å². The molecule has 37 heavy (non-hydrogen) atoms. The number of hydrogen-bond acceptors (Lipinski definition) is 5. The van der Waals surface area contributed by atoms with Crippen LogP contribution in [-0.2, 0) is 7.05 Å². The molecule has 3 atom stereocenters. The second-order valence-electron chi connectivity index (χ2n) is 9.61. The van der Waals surface area contributed by atoms with Crippen LogP contribution in [0.4, 0.5) is 13.2 Å². The van der Waals surface area contributed by atoms with Gasteiger partial charge in [-0.3, -0.25) is 4.79 Å². The SMILES string of the molecule is Cn1nnc2cc(-c3ccc(C(=O)N4[C@@H]5CC[C@H]4[C@@H](N)C5)cc3-c3ccc(C#N)c(F)c3)c(F)c(F)c21. The van der Waals surface area contributed by atoms with Crippen LogP contribution in [0.15, 0.2) is 42.5 Å². The average molecular weight is 503 g/mol. The number of amides is 1. The Morgan fingerprint density at radius 2 is 1.86 bits per heavy atom. The van der Waals surface area contributed by atoms with E-state index < -0.39 is 17.5 Å². The van der Waals surface area contributed by atoms with Gasteiger partial charge in [-0.1, -0.05) is 17.3 Å². The molecule has 2 bridgehead atoms. The zero-order valence-electron chi connectivity index (χ0n) is 19.8. The quantitative estimate of drug-likeness (QED) is 0.450. The fourth-order valence-electron chi connectivity index (χ4n) is 5.77. The molecule has 3 heterocycles. The van der Waals surface area contributed by atoms with E-state index in [4.69, 9.17) is 11.0 Å². The first-order valence-electron chi connectivity index (χ1n) is 11.9. The van der Waals surface area contributed by atoms with Crippen molar-refractivity contribution in [1.82, 2.24) is 19.9 Å². The molecule has 1 amide bonds.